The van der Waals surface area contributed by atoms with Crippen LogP contribution >= 0.6 is 15.9 Å². The highest BCUT2D eigenvalue weighted by molar-refractivity contribution is 9.10. The van der Waals surface area contributed by atoms with Gasteiger partial charge in [0, 0.05) is 29.8 Å². The standard InChI is InChI=1S/C13H16BrN3O/c1-9-10(8-17(2)16-9)7-15-12-6-11(14)4-5-13(12)18-3/h4-6,8,15H,7H2,1-3H3. The van der Waals surface area contributed by atoms with Gasteiger partial charge < -0.3 is 10.1 Å². The molecule has 0 saturated carbocycles. The lowest BCUT2D eigenvalue weighted by Crippen LogP contribution is -2.01. The van der Waals surface area contributed by atoms with Crippen molar-refractivity contribution in [2.45, 2.75) is 13.5 Å². The van der Waals surface area contributed by atoms with Crippen LogP contribution in [0.1, 0.15) is 11.3 Å². The molecule has 1 aromatic heterocycles. The zero-order valence-corrected chi connectivity index (χ0v) is 12.3. The van der Waals surface area contributed by atoms with Crippen molar-refractivity contribution in [3.63, 3.8) is 0 Å². The minimum absolute atomic E-state index is 0.729. The molecule has 0 spiro atoms. The van der Waals surface area contributed by atoms with Gasteiger partial charge in [0.15, 0.2) is 0 Å². The molecule has 18 heavy (non-hydrogen) atoms. The molecule has 0 aliphatic carbocycles. The summed E-state index contributed by atoms with van der Waals surface area (Å²) in [7, 11) is 3.60. The summed E-state index contributed by atoms with van der Waals surface area (Å²) in [5.41, 5.74) is 3.19. The number of hydrogen-bond donors (Lipinski definition) is 1. The maximum Gasteiger partial charge on any atom is 0.142 e. The summed E-state index contributed by atoms with van der Waals surface area (Å²) < 4.78 is 8.17. The number of aryl methyl sites for hydroxylation is 2. The molecule has 0 fully saturated rings. The highest BCUT2D eigenvalue weighted by Gasteiger charge is 2.06. The lowest BCUT2D eigenvalue weighted by atomic mass is 10.2. The SMILES string of the molecule is COc1ccc(Br)cc1NCc1cn(C)nc1C. The fourth-order valence-electron chi connectivity index (χ4n) is 1.83. The first-order chi connectivity index (χ1) is 8.60. The van der Waals surface area contributed by atoms with Gasteiger partial charge >= 0.3 is 0 Å². The van der Waals surface area contributed by atoms with E-state index in [1.54, 1.807) is 7.11 Å². The summed E-state index contributed by atoms with van der Waals surface area (Å²) in [6.45, 7) is 2.74. The molecule has 1 N–H and O–H groups in total. The van der Waals surface area contributed by atoms with Crippen LogP contribution in [-0.4, -0.2) is 16.9 Å². The number of rotatable bonds is 4. The van der Waals surface area contributed by atoms with Crippen molar-refractivity contribution in [1.29, 1.82) is 0 Å². The molecular formula is C13H16BrN3O. The Kier molecular flexibility index (Phi) is 3.91. The normalized spacial score (nSPS) is 10.4. The van der Waals surface area contributed by atoms with Gasteiger partial charge in [-0.25, -0.2) is 0 Å². The van der Waals surface area contributed by atoms with E-state index in [1.807, 2.05) is 43.0 Å². The molecule has 2 aromatic rings. The van der Waals surface area contributed by atoms with Gasteiger partial charge in [0.05, 0.1) is 18.5 Å². The molecular weight excluding hydrogens is 294 g/mol. The van der Waals surface area contributed by atoms with E-state index in [9.17, 15) is 0 Å². The molecule has 1 aromatic carbocycles. The first kappa shape index (κ1) is 13.0. The second-order valence-electron chi connectivity index (χ2n) is 4.11. The third kappa shape index (κ3) is 2.85. The second kappa shape index (κ2) is 5.44. The molecule has 0 aliphatic rings. The van der Waals surface area contributed by atoms with E-state index in [-0.39, 0.29) is 0 Å². The van der Waals surface area contributed by atoms with Gasteiger partial charge in [0.25, 0.3) is 0 Å². The van der Waals surface area contributed by atoms with Crippen LogP contribution in [0, 0.1) is 6.92 Å². The number of halogens is 1. The van der Waals surface area contributed by atoms with Crippen LogP contribution in [0.4, 0.5) is 5.69 Å². The van der Waals surface area contributed by atoms with E-state index < -0.39 is 0 Å². The van der Waals surface area contributed by atoms with Crippen molar-refractivity contribution in [3.8, 4) is 5.75 Å². The lowest BCUT2D eigenvalue weighted by Gasteiger charge is -2.11. The molecule has 0 radical (unpaired) electrons. The molecule has 1 heterocycles. The fourth-order valence-corrected chi connectivity index (χ4v) is 2.19. The van der Waals surface area contributed by atoms with Crippen LogP contribution in [0.2, 0.25) is 0 Å². The van der Waals surface area contributed by atoms with Gasteiger partial charge in [-0.2, -0.15) is 5.10 Å². The number of methoxy groups -OCH3 is 1. The minimum atomic E-state index is 0.729. The van der Waals surface area contributed by atoms with E-state index in [2.05, 4.69) is 26.3 Å². The Morgan fingerprint density at radius 2 is 2.22 bits per heavy atom. The maximum atomic E-state index is 5.32. The van der Waals surface area contributed by atoms with Crippen LogP contribution in [0.25, 0.3) is 0 Å². The van der Waals surface area contributed by atoms with Crippen LogP contribution in [0.15, 0.2) is 28.9 Å². The number of hydrogen-bond acceptors (Lipinski definition) is 3. The van der Waals surface area contributed by atoms with Crippen molar-refractivity contribution in [1.82, 2.24) is 9.78 Å². The number of anilines is 1. The molecule has 4 nitrogen and oxygen atoms in total. The first-order valence-corrected chi connectivity index (χ1v) is 6.46. The number of ether oxygens (including phenoxy) is 1. The Labute approximate surface area is 115 Å². The monoisotopic (exact) mass is 309 g/mol. The number of nitrogens with zero attached hydrogens (tertiary/aromatic N) is 2. The van der Waals surface area contributed by atoms with Gasteiger partial charge in [-0.05, 0) is 25.1 Å². The molecule has 2 rings (SSSR count). The Balaban J connectivity index is 2.14. The Morgan fingerprint density at radius 1 is 1.44 bits per heavy atom. The van der Waals surface area contributed by atoms with Gasteiger partial charge in [-0.1, -0.05) is 15.9 Å². The van der Waals surface area contributed by atoms with Crippen LogP contribution in [0.5, 0.6) is 5.75 Å². The molecule has 0 unspecified atom stereocenters. The molecule has 0 bridgehead atoms. The number of nitrogens with one attached hydrogen (secondary N) is 1. The first-order valence-electron chi connectivity index (χ1n) is 5.66. The third-order valence-electron chi connectivity index (χ3n) is 2.75. The van der Waals surface area contributed by atoms with Gasteiger partial charge in [0.1, 0.15) is 5.75 Å². The third-order valence-corrected chi connectivity index (χ3v) is 3.24. The average molecular weight is 310 g/mol. The van der Waals surface area contributed by atoms with Crippen LogP contribution in [-0.2, 0) is 13.6 Å². The smallest absolute Gasteiger partial charge is 0.142 e. The van der Waals surface area contributed by atoms with E-state index in [4.69, 9.17) is 4.74 Å². The molecule has 0 amide bonds. The van der Waals surface area contributed by atoms with E-state index >= 15 is 0 Å². The zero-order chi connectivity index (χ0) is 13.1. The largest absolute Gasteiger partial charge is 0.495 e. The highest BCUT2D eigenvalue weighted by atomic mass is 79.9. The van der Waals surface area contributed by atoms with E-state index in [0.717, 1.165) is 28.1 Å². The van der Waals surface area contributed by atoms with Crippen molar-refractivity contribution < 1.29 is 4.74 Å². The molecule has 96 valence electrons. The summed E-state index contributed by atoms with van der Waals surface area (Å²) in [5, 5.41) is 7.69. The molecule has 0 aliphatic heterocycles. The van der Waals surface area contributed by atoms with Gasteiger partial charge in [-0.3, -0.25) is 4.68 Å². The molecule has 0 saturated heterocycles. The molecule has 5 heteroatoms. The summed E-state index contributed by atoms with van der Waals surface area (Å²) >= 11 is 3.46. The summed E-state index contributed by atoms with van der Waals surface area (Å²) in [6.07, 6.45) is 2.02. The number of benzene rings is 1. The number of aromatic nitrogens is 2. The Bertz CT molecular complexity index is 551. The minimum Gasteiger partial charge on any atom is -0.495 e. The fraction of sp³-hybridized carbons (Fsp3) is 0.308. The average Bonchev–Trinajstić information content (AvgIpc) is 2.65. The lowest BCUT2D eigenvalue weighted by molar-refractivity contribution is 0.416. The van der Waals surface area contributed by atoms with Crippen molar-refractivity contribution in [2.24, 2.45) is 7.05 Å². The zero-order valence-electron chi connectivity index (χ0n) is 10.7. The Morgan fingerprint density at radius 3 is 2.83 bits per heavy atom. The maximum absolute atomic E-state index is 5.32. The van der Waals surface area contributed by atoms with Gasteiger partial charge in [-0.15, -0.1) is 0 Å². The second-order valence-corrected chi connectivity index (χ2v) is 5.03. The van der Waals surface area contributed by atoms with Crippen molar-refractivity contribution in [3.05, 3.63) is 40.1 Å². The van der Waals surface area contributed by atoms with Crippen molar-refractivity contribution in [2.75, 3.05) is 12.4 Å². The quantitative estimate of drug-likeness (QED) is 0.943. The van der Waals surface area contributed by atoms with Crippen molar-refractivity contribution >= 4 is 21.6 Å². The Hall–Kier alpha value is -1.49. The summed E-state index contributed by atoms with van der Waals surface area (Å²) in [5.74, 6) is 0.833. The van der Waals surface area contributed by atoms with Gasteiger partial charge in [0.2, 0.25) is 0 Å². The molecule has 0 atom stereocenters. The predicted molar refractivity (Wildman–Crippen MR) is 76.0 cm³/mol. The van der Waals surface area contributed by atoms with E-state index in [1.165, 1.54) is 5.56 Å². The predicted octanol–water partition coefficient (Wildman–Crippen LogP) is 3.11. The topological polar surface area (TPSA) is 39.1 Å². The van der Waals surface area contributed by atoms with E-state index in [0.29, 0.717) is 0 Å². The summed E-state index contributed by atoms with van der Waals surface area (Å²) in [4.78, 5) is 0. The van der Waals surface area contributed by atoms with Crippen LogP contribution < -0.4 is 10.1 Å². The highest BCUT2D eigenvalue weighted by Crippen LogP contribution is 2.28. The summed E-state index contributed by atoms with van der Waals surface area (Å²) in [6, 6.07) is 5.90. The van der Waals surface area contributed by atoms with Crippen LogP contribution in [0.3, 0.4) is 0 Å².